The Kier molecular flexibility index (Phi) is 3.28. The minimum absolute atomic E-state index is 0.292. The predicted octanol–water partition coefficient (Wildman–Crippen LogP) is 1.22. The Bertz CT molecular complexity index is 749. The van der Waals surface area contributed by atoms with Crippen molar-refractivity contribution in [2.45, 2.75) is 29.1 Å². The van der Waals surface area contributed by atoms with Gasteiger partial charge in [0.25, 0.3) is 0 Å². The van der Waals surface area contributed by atoms with Crippen LogP contribution in [0.25, 0.3) is 5.52 Å². The van der Waals surface area contributed by atoms with Crippen LogP contribution in [-0.4, -0.2) is 48.0 Å². The quantitative estimate of drug-likeness (QED) is 0.719. The van der Waals surface area contributed by atoms with Gasteiger partial charge in [-0.05, 0) is 47.2 Å². The molecule has 8 nitrogen and oxygen atoms in total. The van der Waals surface area contributed by atoms with E-state index in [1.807, 2.05) is 23.0 Å². The fraction of sp³-hybridized carbons (Fsp3) is 0.417. The highest BCUT2D eigenvalue weighted by Gasteiger charge is 2.21. The number of tetrazole rings is 1. The first kappa shape index (κ1) is 12.7. The van der Waals surface area contributed by atoms with Crippen LogP contribution < -0.4 is 0 Å². The Balaban J connectivity index is 1.65. The molecule has 4 heterocycles. The van der Waals surface area contributed by atoms with Crippen LogP contribution in [0.5, 0.6) is 0 Å². The highest BCUT2D eigenvalue weighted by Crippen LogP contribution is 2.30. The number of hydrogen-bond donors (Lipinski definition) is 0. The van der Waals surface area contributed by atoms with Gasteiger partial charge in [0.1, 0.15) is 11.4 Å². The molecule has 0 aromatic carbocycles. The fourth-order valence-corrected chi connectivity index (χ4v) is 3.31. The highest BCUT2D eigenvalue weighted by molar-refractivity contribution is 7.99. The van der Waals surface area contributed by atoms with E-state index < -0.39 is 0 Å². The van der Waals surface area contributed by atoms with E-state index in [0.717, 1.165) is 41.8 Å². The normalized spacial score (nSPS) is 16.6. The minimum Gasteiger partial charge on any atom is -0.381 e. The van der Waals surface area contributed by atoms with Crippen molar-refractivity contribution >= 4 is 17.3 Å². The Morgan fingerprint density at radius 2 is 2.19 bits per heavy atom. The van der Waals surface area contributed by atoms with Crippen LogP contribution in [0, 0.1) is 0 Å². The van der Waals surface area contributed by atoms with Gasteiger partial charge >= 0.3 is 0 Å². The maximum atomic E-state index is 5.39. The van der Waals surface area contributed by atoms with E-state index in [4.69, 9.17) is 4.74 Å². The van der Waals surface area contributed by atoms with Crippen molar-refractivity contribution in [3.05, 3.63) is 24.7 Å². The monoisotopic (exact) mass is 303 g/mol. The van der Waals surface area contributed by atoms with Crippen LogP contribution in [0.15, 0.2) is 34.8 Å². The van der Waals surface area contributed by atoms with Crippen LogP contribution in [0.4, 0.5) is 0 Å². The topological polar surface area (TPSA) is 83.0 Å². The second-order valence-electron chi connectivity index (χ2n) is 4.75. The molecule has 0 bridgehead atoms. The highest BCUT2D eigenvalue weighted by atomic mass is 32.2. The standard InChI is InChI=1S/C12H13N7OS/c1-2-10-11(13-8-14-18(10)5-1)21-12-15-16-17-19(12)9-3-6-20-7-4-9/h1-2,5,8-9H,3-4,6-7H2. The third kappa shape index (κ3) is 2.38. The summed E-state index contributed by atoms with van der Waals surface area (Å²) < 4.78 is 9.06. The van der Waals surface area contributed by atoms with Crippen LogP contribution in [0.1, 0.15) is 18.9 Å². The summed E-state index contributed by atoms with van der Waals surface area (Å²) >= 11 is 1.46. The average Bonchev–Trinajstić information content (AvgIpc) is 3.17. The lowest BCUT2D eigenvalue weighted by atomic mass is 10.1. The molecule has 0 amide bonds. The summed E-state index contributed by atoms with van der Waals surface area (Å²) in [7, 11) is 0. The molecule has 108 valence electrons. The SMILES string of the molecule is c1cc2c(Sc3nnnn3C3CCOCC3)ncnn2c1. The van der Waals surface area contributed by atoms with Gasteiger partial charge in [0.05, 0.1) is 11.6 Å². The van der Waals surface area contributed by atoms with Gasteiger partial charge in [-0.2, -0.15) is 5.10 Å². The fourth-order valence-electron chi connectivity index (χ4n) is 2.42. The van der Waals surface area contributed by atoms with E-state index in [2.05, 4.69) is 25.6 Å². The summed E-state index contributed by atoms with van der Waals surface area (Å²) in [5, 5.41) is 17.8. The molecule has 0 aliphatic carbocycles. The molecule has 9 heteroatoms. The lowest BCUT2D eigenvalue weighted by molar-refractivity contribution is 0.0631. The number of fused-ring (bicyclic) bond motifs is 1. The van der Waals surface area contributed by atoms with Gasteiger partial charge in [-0.15, -0.1) is 5.10 Å². The van der Waals surface area contributed by atoms with E-state index in [-0.39, 0.29) is 0 Å². The summed E-state index contributed by atoms with van der Waals surface area (Å²) in [5.41, 5.74) is 0.948. The molecule has 1 saturated heterocycles. The summed E-state index contributed by atoms with van der Waals surface area (Å²) in [4.78, 5) is 4.34. The van der Waals surface area contributed by atoms with Crippen molar-refractivity contribution in [3.63, 3.8) is 0 Å². The summed E-state index contributed by atoms with van der Waals surface area (Å²) in [6, 6.07) is 4.21. The van der Waals surface area contributed by atoms with Crippen molar-refractivity contribution in [1.82, 2.24) is 34.8 Å². The van der Waals surface area contributed by atoms with Crippen molar-refractivity contribution in [2.24, 2.45) is 0 Å². The molecule has 1 fully saturated rings. The van der Waals surface area contributed by atoms with Gasteiger partial charge in [-0.1, -0.05) is 0 Å². The zero-order chi connectivity index (χ0) is 14.1. The second kappa shape index (κ2) is 5.41. The molecule has 1 aliphatic rings. The molecule has 0 spiro atoms. The molecule has 21 heavy (non-hydrogen) atoms. The Morgan fingerprint density at radius 1 is 1.29 bits per heavy atom. The molecular weight excluding hydrogens is 290 g/mol. The Labute approximate surface area is 124 Å². The third-order valence-electron chi connectivity index (χ3n) is 3.49. The van der Waals surface area contributed by atoms with Crippen molar-refractivity contribution < 1.29 is 4.74 Å². The van der Waals surface area contributed by atoms with E-state index in [0.29, 0.717) is 6.04 Å². The number of hydrogen-bond acceptors (Lipinski definition) is 7. The first-order valence-electron chi connectivity index (χ1n) is 6.73. The van der Waals surface area contributed by atoms with Crippen LogP contribution in [0.3, 0.4) is 0 Å². The van der Waals surface area contributed by atoms with Crippen molar-refractivity contribution in [1.29, 1.82) is 0 Å². The molecule has 0 N–H and O–H groups in total. The zero-order valence-electron chi connectivity index (χ0n) is 11.2. The maximum Gasteiger partial charge on any atom is 0.215 e. The number of nitrogens with zero attached hydrogens (tertiary/aromatic N) is 7. The molecular formula is C12H13N7OS. The Hall–Kier alpha value is -2.00. The summed E-state index contributed by atoms with van der Waals surface area (Å²) in [5.74, 6) is 0. The summed E-state index contributed by atoms with van der Waals surface area (Å²) in [6.07, 6.45) is 5.30. The van der Waals surface area contributed by atoms with Gasteiger partial charge in [0, 0.05) is 19.4 Å². The molecule has 1 aliphatic heterocycles. The van der Waals surface area contributed by atoms with E-state index in [1.54, 1.807) is 4.52 Å². The first-order valence-corrected chi connectivity index (χ1v) is 7.55. The molecule has 4 rings (SSSR count). The van der Waals surface area contributed by atoms with Gasteiger partial charge < -0.3 is 4.74 Å². The average molecular weight is 303 g/mol. The largest absolute Gasteiger partial charge is 0.381 e. The van der Waals surface area contributed by atoms with Gasteiger partial charge in [0.15, 0.2) is 0 Å². The molecule has 0 atom stereocenters. The molecule has 0 radical (unpaired) electrons. The second-order valence-corrected chi connectivity index (χ2v) is 5.71. The van der Waals surface area contributed by atoms with E-state index in [9.17, 15) is 0 Å². The van der Waals surface area contributed by atoms with Gasteiger partial charge in [-0.3, -0.25) is 0 Å². The minimum atomic E-state index is 0.292. The lowest BCUT2D eigenvalue weighted by Crippen LogP contribution is -2.21. The first-order chi connectivity index (χ1) is 10.4. The smallest absolute Gasteiger partial charge is 0.215 e. The Morgan fingerprint density at radius 3 is 3.10 bits per heavy atom. The van der Waals surface area contributed by atoms with E-state index >= 15 is 0 Å². The predicted molar refractivity (Wildman–Crippen MR) is 74.0 cm³/mol. The summed E-state index contributed by atoms with van der Waals surface area (Å²) in [6.45, 7) is 1.51. The number of ether oxygens (including phenoxy) is 1. The molecule has 3 aromatic heterocycles. The molecule has 3 aromatic rings. The zero-order valence-corrected chi connectivity index (χ0v) is 12.0. The van der Waals surface area contributed by atoms with Crippen molar-refractivity contribution in [2.75, 3.05) is 13.2 Å². The van der Waals surface area contributed by atoms with E-state index in [1.165, 1.54) is 18.1 Å². The number of rotatable bonds is 3. The maximum absolute atomic E-state index is 5.39. The molecule has 0 saturated carbocycles. The van der Waals surface area contributed by atoms with Crippen LogP contribution in [0.2, 0.25) is 0 Å². The van der Waals surface area contributed by atoms with Crippen LogP contribution in [-0.2, 0) is 4.74 Å². The lowest BCUT2D eigenvalue weighted by Gasteiger charge is -2.22. The van der Waals surface area contributed by atoms with Gasteiger partial charge in [-0.25, -0.2) is 14.2 Å². The molecule has 0 unspecified atom stereocenters. The van der Waals surface area contributed by atoms with Crippen molar-refractivity contribution in [3.8, 4) is 0 Å². The van der Waals surface area contributed by atoms with Crippen LogP contribution >= 0.6 is 11.8 Å². The third-order valence-corrected chi connectivity index (χ3v) is 4.44. The number of aromatic nitrogens is 7. The van der Waals surface area contributed by atoms with Gasteiger partial charge in [0.2, 0.25) is 5.16 Å².